The summed E-state index contributed by atoms with van der Waals surface area (Å²) in [5.41, 5.74) is 2.02. The Kier molecular flexibility index (Phi) is 5.13. The lowest BCUT2D eigenvalue weighted by Gasteiger charge is -2.11. The maximum Gasteiger partial charge on any atom is 0.121 e. The van der Waals surface area contributed by atoms with Crippen molar-refractivity contribution in [3.8, 4) is 11.5 Å². The molecule has 0 aliphatic carbocycles. The van der Waals surface area contributed by atoms with E-state index in [0.717, 1.165) is 22.7 Å². The van der Waals surface area contributed by atoms with Gasteiger partial charge in [-0.1, -0.05) is 23.7 Å². The lowest BCUT2D eigenvalue weighted by atomic mass is 10.2. The summed E-state index contributed by atoms with van der Waals surface area (Å²) in [5, 5.41) is 3.98. The van der Waals surface area contributed by atoms with Crippen LogP contribution in [-0.2, 0) is 6.54 Å². The molecule has 0 fully saturated rings. The highest BCUT2D eigenvalue weighted by atomic mass is 35.5. The molecule has 0 heterocycles. The fourth-order valence-corrected chi connectivity index (χ4v) is 2.02. The Morgan fingerprint density at radius 2 is 1.75 bits per heavy atom. The third-order valence-electron chi connectivity index (χ3n) is 2.89. The van der Waals surface area contributed by atoms with E-state index in [1.54, 1.807) is 7.11 Å². The van der Waals surface area contributed by atoms with Crippen molar-refractivity contribution in [1.82, 2.24) is 0 Å². The van der Waals surface area contributed by atoms with Gasteiger partial charge >= 0.3 is 0 Å². The molecule has 0 saturated carbocycles. The summed E-state index contributed by atoms with van der Waals surface area (Å²) >= 11 is 6.15. The molecule has 20 heavy (non-hydrogen) atoms. The summed E-state index contributed by atoms with van der Waals surface area (Å²) in [4.78, 5) is 0. The first-order valence-electron chi connectivity index (χ1n) is 6.52. The SMILES string of the molecule is CCOc1ccc(CNc2cc(OC)ccc2Cl)cc1. The first kappa shape index (κ1) is 14.5. The quantitative estimate of drug-likeness (QED) is 0.858. The van der Waals surface area contributed by atoms with Gasteiger partial charge in [-0.15, -0.1) is 0 Å². The summed E-state index contributed by atoms with van der Waals surface area (Å²) in [6.45, 7) is 3.34. The number of nitrogens with one attached hydrogen (secondary N) is 1. The maximum absolute atomic E-state index is 6.15. The average molecular weight is 292 g/mol. The molecule has 0 atom stereocenters. The molecule has 0 bridgehead atoms. The van der Waals surface area contributed by atoms with E-state index in [2.05, 4.69) is 5.32 Å². The molecule has 4 heteroatoms. The molecule has 2 aromatic rings. The first-order chi connectivity index (χ1) is 9.72. The molecule has 1 N–H and O–H groups in total. The van der Waals surface area contributed by atoms with E-state index < -0.39 is 0 Å². The molecule has 0 saturated heterocycles. The zero-order valence-corrected chi connectivity index (χ0v) is 12.4. The van der Waals surface area contributed by atoms with Crippen LogP contribution in [0.1, 0.15) is 12.5 Å². The van der Waals surface area contributed by atoms with Crippen molar-refractivity contribution in [3.05, 3.63) is 53.1 Å². The monoisotopic (exact) mass is 291 g/mol. The molecule has 0 spiro atoms. The number of hydrogen-bond acceptors (Lipinski definition) is 3. The molecule has 3 nitrogen and oxygen atoms in total. The summed E-state index contributed by atoms with van der Waals surface area (Å²) in [6, 6.07) is 13.5. The number of anilines is 1. The number of halogens is 1. The normalized spacial score (nSPS) is 10.2. The van der Waals surface area contributed by atoms with Gasteiger partial charge < -0.3 is 14.8 Å². The van der Waals surface area contributed by atoms with Crippen molar-refractivity contribution in [2.45, 2.75) is 13.5 Å². The minimum atomic E-state index is 0.678. The summed E-state index contributed by atoms with van der Waals surface area (Å²) in [6.07, 6.45) is 0. The van der Waals surface area contributed by atoms with Crippen LogP contribution < -0.4 is 14.8 Å². The van der Waals surface area contributed by atoms with E-state index >= 15 is 0 Å². The van der Waals surface area contributed by atoms with Crippen LogP contribution >= 0.6 is 11.6 Å². The van der Waals surface area contributed by atoms with Crippen molar-refractivity contribution in [2.75, 3.05) is 19.0 Å². The number of rotatable bonds is 6. The van der Waals surface area contributed by atoms with Crippen LogP contribution in [0.4, 0.5) is 5.69 Å². The molecular weight excluding hydrogens is 274 g/mol. The zero-order valence-electron chi connectivity index (χ0n) is 11.7. The maximum atomic E-state index is 6.15. The van der Waals surface area contributed by atoms with Gasteiger partial charge in [0, 0.05) is 12.6 Å². The summed E-state index contributed by atoms with van der Waals surface area (Å²) in [5.74, 6) is 1.67. The Morgan fingerprint density at radius 1 is 1.05 bits per heavy atom. The predicted octanol–water partition coefficient (Wildman–Crippen LogP) is 4.36. The standard InChI is InChI=1S/C16H18ClNO2/c1-3-20-13-6-4-12(5-7-13)11-18-16-10-14(19-2)8-9-15(16)17/h4-10,18H,3,11H2,1-2H3. The number of hydrogen-bond donors (Lipinski definition) is 1. The smallest absolute Gasteiger partial charge is 0.121 e. The Morgan fingerprint density at radius 3 is 2.40 bits per heavy atom. The fourth-order valence-electron chi connectivity index (χ4n) is 1.83. The Hall–Kier alpha value is -1.87. The van der Waals surface area contributed by atoms with Gasteiger partial charge in [0.25, 0.3) is 0 Å². The van der Waals surface area contributed by atoms with Crippen LogP contribution in [0, 0.1) is 0 Å². The number of benzene rings is 2. The zero-order chi connectivity index (χ0) is 14.4. The topological polar surface area (TPSA) is 30.5 Å². The third kappa shape index (κ3) is 3.81. The average Bonchev–Trinajstić information content (AvgIpc) is 2.48. The summed E-state index contributed by atoms with van der Waals surface area (Å²) in [7, 11) is 1.64. The highest BCUT2D eigenvalue weighted by molar-refractivity contribution is 6.33. The Labute approximate surface area is 124 Å². The Balaban J connectivity index is 2.01. The van der Waals surface area contributed by atoms with Gasteiger partial charge in [-0.2, -0.15) is 0 Å². The fraction of sp³-hybridized carbons (Fsp3) is 0.250. The molecule has 2 aromatic carbocycles. The van der Waals surface area contributed by atoms with Crippen molar-refractivity contribution >= 4 is 17.3 Å². The molecule has 0 aliphatic rings. The van der Waals surface area contributed by atoms with E-state index in [1.807, 2.05) is 49.4 Å². The van der Waals surface area contributed by atoms with Gasteiger partial charge in [0.05, 0.1) is 24.4 Å². The van der Waals surface area contributed by atoms with Gasteiger partial charge in [0.2, 0.25) is 0 Å². The van der Waals surface area contributed by atoms with Gasteiger partial charge in [-0.3, -0.25) is 0 Å². The minimum Gasteiger partial charge on any atom is -0.497 e. The van der Waals surface area contributed by atoms with Crippen molar-refractivity contribution in [2.24, 2.45) is 0 Å². The minimum absolute atomic E-state index is 0.678. The van der Waals surface area contributed by atoms with E-state index in [-0.39, 0.29) is 0 Å². The molecule has 0 radical (unpaired) electrons. The molecule has 2 rings (SSSR count). The second-order valence-electron chi connectivity index (χ2n) is 4.28. The number of methoxy groups -OCH3 is 1. The molecule has 0 aliphatic heterocycles. The van der Waals surface area contributed by atoms with E-state index in [0.29, 0.717) is 18.2 Å². The van der Waals surface area contributed by atoms with Crippen LogP contribution in [0.2, 0.25) is 5.02 Å². The lowest BCUT2D eigenvalue weighted by molar-refractivity contribution is 0.340. The van der Waals surface area contributed by atoms with Crippen molar-refractivity contribution in [1.29, 1.82) is 0 Å². The number of ether oxygens (including phenoxy) is 2. The molecule has 106 valence electrons. The third-order valence-corrected chi connectivity index (χ3v) is 3.22. The molecular formula is C16H18ClNO2. The highest BCUT2D eigenvalue weighted by Gasteiger charge is 2.02. The molecule has 0 amide bonds. The highest BCUT2D eigenvalue weighted by Crippen LogP contribution is 2.27. The van der Waals surface area contributed by atoms with Crippen LogP contribution in [-0.4, -0.2) is 13.7 Å². The van der Waals surface area contributed by atoms with E-state index in [9.17, 15) is 0 Å². The van der Waals surface area contributed by atoms with Gasteiger partial charge in [-0.05, 0) is 36.8 Å². The second kappa shape index (κ2) is 7.06. The van der Waals surface area contributed by atoms with Crippen molar-refractivity contribution < 1.29 is 9.47 Å². The Bertz CT molecular complexity index is 555. The van der Waals surface area contributed by atoms with Crippen LogP contribution in [0.5, 0.6) is 11.5 Å². The van der Waals surface area contributed by atoms with Gasteiger partial charge in [-0.25, -0.2) is 0 Å². The van der Waals surface area contributed by atoms with E-state index in [4.69, 9.17) is 21.1 Å². The van der Waals surface area contributed by atoms with Crippen LogP contribution in [0.3, 0.4) is 0 Å². The predicted molar refractivity (Wildman–Crippen MR) is 82.9 cm³/mol. The second-order valence-corrected chi connectivity index (χ2v) is 4.68. The largest absolute Gasteiger partial charge is 0.497 e. The van der Waals surface area contributed by atoms with E-state index in [1.165, 1.54) is 0 Å². The van der Waals surface area contributed by atoms with Gasteiger partial charge in [0.15, 0.2) is 0 Å². The molecule has 0 aromatic heterocycles. The van der Waals surface area contributed by atoms with Crippen LogP contribution in [0.15, 0.2) is 42.5 Å². The lowest BCUT2D eigenvalue weighted by Crippen LogP contribution is -2.00. The van der Waals surface area contributed by atoms with Crippen molar-refractivity contribution in [3.63, 3.8) is 0 Å². The summed E-state index contributed by atoms with van der Waals surface area (Å²) < 4.78 is 10.6. The first-order valence-corrected chi connectivity index (χ1v) is 6.90. The van der Waals surface area contributed by atoms with Gasteiger partial charge in [0.1, 0.15) is 11.5 Å². The van der Waals surface area contributed by atoms with Crippen LogP contribution in [0.25, 0.3) is 0 Å². The molecule has 0 unspecified atom stereocenters.